The number of anilines is 1. The van der Waals surface area contributed by atoms with Gasteiger partial charge in [-0.25, -0.2) is 0 Å². The van der Waals surface area contributed by atoms with Gasteiger partial charge in [0.1, 0.15) is 17.0 Å². The van der Waals surface area contributed by atoms with E-state index in [0.29, 0.717) is 23.8 Å². The van der Waals surface area contributed by atoms with E-state index in [1.165, 1.54) is 0 Å². The largest absolute Gasteiger partial charge is 0.492 e. The second-order valence-electron chi connectivity index (χ2n) is 5.55. The number of carbonyl (C=O) groups excluding carboxylic acids is 1. The molecule has 0 bridgehead atoms. The summed E-state index contributed by atoms with van der Waals surface area (Å²) in [5.74, 6) is 1.18. The van der Waals surface area contributed by atoms with Gasteiger partial charge in [-0.3, -0.25) is 9.78 Å². The molecule has 0 aliphatic carbocycles. The molecule has 0 unspecified atom stereocenters. The summed E-state index contributed by atoms with van der Waals surface area (Å²) in [6, 6.07) is 15.0. The standard InChI is InChI=1S/C20H20N2O3/c1-3-24-18-11-10-16(15-8-6-12-21-20(15)18)22-19(23)13-25-17-9-5-4-7-14(17)2/h4-12H,3,13H2,1-2H3,(H,22,23). The summed E-state index contributed by atoms with van der Waals surface area (Å²) in [7, 11) is 0. The third-order valence-electron chi connectivity index (χ3n) is 3.76. The Labute approximate surface area is 146 Å². The molecule has 0 radical (unpaired) electrons. The van der Waals surface area contributed by atoms with Gasteiger partial charge in [0.15, 0.2) is 6.61 Å². The first-order chi connectivity index (χ1) is 12.2. The predicted octanol–water partition coefficient (Wildman–Crippen LogP) is 3.96. The Kier molecular flexibility index (Phi) is 5.14. The topological polar surface area (TPSA) is 60.5 Å². The molecule has 1 amide bonds. The first kappa shape index (κ1) is 16.8. The average molecular weight is 336 g/mol. The van der Waals surface area contributed by atoms with E-state index in [0.717, 1.165) is 16.5 Å². The molecule has 5 heteroatoms. The molecule has 0 spiro atoms. The number of amides is 1. The molecule has 128 valence electrons. The van der Waals surface area contributed by atoms with Crippen molar-refractivity contribution in [3.8, 4) is 11.5 Å². The van der Waals surface area contributed by atoms with E-state index < -0.39 is 0 Å². The van der Waals surface area contributed by atoms with E-state index in [-0.39, 0.29) is 12.5 Å². The van der Waals surface area contributed by atoms with Gasteiger partial charge in [-0.05, 0) is 49.7 Å². The Morgan fingerprint density at radius 3 is 2.68 bits per heavy atom. The number of aryl methyl sites for hydroxylation is 1. The van der Waals surface area contributed by atoms with Crippen LogP contribution >= 0.6 is 0 Å². The monoisotopic (exact) mass is 336 g/mol. The van der Waals surface area contributed by atoms with Crippen LogP contribution in [-0.4, -0.2) is 24.1 Å². The fraction of sp³-hybridized carbons (Fsp3) is 0.200. The molecule has 1 heterocycles. The van der Waals surface area contributed by atoms with E-state index in [4.69, 9.17) is 9.47 Å². The van der Waals surface area contributed by atoms with Crippen LogP contribution in [0.2, 0.25) is 0 Å². The lowest BCUT2D eigenvalue weighted by Crippen LogP contribution is -2.20. The highest BCUT2D eigenvalue weighted by Crippen LogP contribution is 2.30. The van der Waals surface area contributed by atoms with Crippen LogP contribution in [-0.2, 0) is 4.79 Å². The van der Waals surface area contributed by atoms with Crippen LogP contribution in [0, 0.1) is 6.92 Å². The maximum Gasteiger partial charge on any atom is 0.262 e. The Morgan fingerprint density at radius 2 is 1.88 bits per heavy atom. The van der Waals surface area contributed by atoms with Crippen molar-refractivity contribution in [1.82, 2.24) is 4.98 Å². The normalized spacial score (nSPS) is 10.5. The van der Waals surface area contributed by atoms with Crippen molar-refractivity contribution in [2.45, 2.75) is 13.8 Å². The second-order valence-corrected chi connectivity index (χ2v) is 5.55. The van der Waals surface area contributed by atoms with Gasteiger partial charge in [-0.1, -0.05) is 18.2 Å². The molecule has 3 rings (SSSR count). The Hall–Kier alpha value is -3.08. The molecule has 0 atom stereocenters. The van der Waals surface area contributed by atoms with Gasteiger partial charge in [-0.15, -0.1) is 0 Å². The zero-order valence-corrected chi connectivity index (χ0v) is 14.3. The number of fused-ring (bicyclic) bond motifs is 1. The maximum atomic E-state index is 12.3. The minimum atomic E-state index is -0.224. The summed E-state index contributed by atoms with van der Waals surface area (Å²) in [5.41, 5.74) is 2.40. The fourth-order valence-electron chi connectivity index (χ4n) is 2.58. The van der Waals surface area contributed by atoms with Crippen molar-refractivity contribution in [3.05, 3.63) is 60.3 Å². The van der Waals surface area contributed by atoms with Gasteiger partial charge >= 0.3 is 0 Å². The number of ether oxygens (including phenoxy) is 2. The van der Waals surface area contributed by atoms with Crippen molar-refractivity contribution >= 4 is 22.5 Å². The molecular formula is C20H20N2O3. The Bertz CT molecular complexity index is 893. The number of hydrogen-bond acceptors (Lipinski definition) is 4. The van der Waals surface area contributed by atoms with Gasteiger partial charge in [0.05, 0.1) is 12.3 Å². The number of aromatic nitrogens is 1. The number of benzene rings is 2. The lowest BCUT2D eigenvalue weighted by Gasteiger charge is -2.13. The molecule has 5 nitrogen and oxygen atoms in total. The van der Waals surface area contributed by atoms with Gasteiger partial charge in [0.25, 0.3) is 5.91 Å². The van der Waals surface area contributed by atoms with Gasteiger partial charge in [0.2, 0.25) is 0 Å². The molecule has 0 aliphatic rings. The van der Waals surface area contributed by atoms with Crippen LogP contribution < -0.4 is 14.8 Å². The summed E-state index contributed by atoms with van der Waals surface area (Å²) in [6.45, 7) is 4.37. The molecule has 0 fully saturated rings. The summed E-state index contributed by atoms with van der Waals surface area (Å²) in [6.07, 6.45) is 1.71. The van der Waals surface area contributed by atoms with Crippen molar-refractivity contribution in [2.75, 3.05) is 18.5 Å². The molecule has 1 aromatic heterocycles. The third kappa shape index (κ3) is 3.88. The van der Waals surface area contributed by atoms with Crippen molar-refractivity contribution < 1.29 is 14.3 Å². The van der Waals surface area contributed by atoms with Crippen LogP contribution in [0.1, 0.15) is 12.5 Å². The fourth-order valence-corrected chi connectivity index (χ4v) is 2.58. The smallest absolute Gasteiger partial charge is 0.262 e. The number of nitrogens with zero attached hydrogens (tertiary/aromatic N) is 1. The second kappa shape index (κ2) is 7.66. The highest BCUT2D eigenvalue weighted by molar-refractivity contribution is 6.03. The van der Waals surface area contributed by atoms with E-state index in [2.05, 4.69) is 10.3 Å². The number of hydrogen-bond donors (Lipinski definition) is 1. The number of carbonyl (C=O) groups is 1. The lowest BCUT2D eigenvalue weighted by atomic mass is 10.1. The molecule has 3 aromatic rings. The number of para-hydroxylation sites is 1. The SMILES string of the molecule is CCOc1ccc(NC(=O)COc2ccccc2C)c2cccnc12. The number of rotatable bonds is 6. The van der Waals surface area contributed by atoms with Crippen molar-refractivity contribution in [1.29, 1.82) is 0 Å². The predicted molar refractivity (Wildman–Crippen MR) is 98.2 cm³/mol. The number of nitrogens with one attached hydrogen (secondary N) is 1. The molecule has 2 aromatic carbocycles. The van der Waals surface area contributed by atoms with Crippen LogP contribution in [0.5, 0.6) is 11.5 Å². The highest BCUT2D eigenvalue weighted by Gasteiger charge is 2.11. The van der Waals surface area contributed by atoms with E-state index in [1.54, 1.807) is 6.20 Å². The van der Waals surface area contributed by atoms with Crippen LogP contribution in [0.15, 0.2) is 54.7 Å². The van der Waals surface area contributed by atoms with Gasteiger partial charge < -0.3 is 14.8 Å². The summed E-state index contributed by atoms with van der Waals surface area (Å²) in [5, 5.41) is 3.72. The zero-order valence-electron chi connectivity index (χ0n) is 14.3. The first-order valence-corrected chi connectivity index (χ1v) is 8.18. The third-order valence-corrected chi connectivity index (χ3v) is 3.76. The molecule has 0 saturated carbocycles. The summed E-state index contributed by atoms with van der Waals surface area (Å²) < 4.78 is 11.2. The number of pyridine rings is 1. The van der Waals surface area contributed by atoms with Gasteiger partial charge in [0, 0.05) is 11.6 Å². The van der Waals surface area contributed by atoms with Crippen LogP contribution in [0.25, 0.3) is 10.9 Å². The highest BCUT2D eigenvalue weighted by atomic mass is 16.5. The van der Waals surface area contributed by atoms with Gasteiger partial charge in [-0.2, -0.15) is 0 Å². The van der Waals surface area contributed by atoms with Crippen molar-refractivity contribution in [3.63, 3.8) is 0 Å². The minimum absolute atomic E-state index is 0.0557. The average Bonchev–Trinajstić information content (AvgIpc) is 2.63. The van der Waals surface area contributed by atoms with E-state index in [9.17, 15) is 4.79 Å². The van der Waals surface area contributed by atoms with E-state index >= 15 is 0 Å². The molecule has 0 aliphatic heterocycles. The zero-order chi connectivity index (χ0) is 17.6. The summed E-state index contributed by atoms with van der Waals surface area (Å²) in [4.78, 5) is 16.6. The molecule has 0 saturated heterocycles. The van der Waals surface area contributed by atoms with Crippen LogP contribution in [0.3, 0.4) is 0 Å². The lowest BCUT2D eigenvalue weighted by molar-refractivity contribution is -0.118. The quantitative estimate of drug-likeness (QED) is 0.740. The molecular weight excluding hydrogens is 316 g/mol. The Balaban J connectivity index is 1.75. The maximum absolute atomic E-state index is 12.3. The van der Waals surface area contributed by atoms with Crippen molar-refractivity contribution in [2.24, 2.45) is 0 Å². The molecule has 1 N–H and O–H groups in total. The Morgan fingerprint density at radius 1 is 1.04 bits per heavy atom. The summed E-state index contributed by atoms with van der Waals surface area (Å²) >= 11 is 0. The molecule has 25 heavy (non-hydrogen) atoms. The minimum Gasteiger partial charge on any atom is -0.492 e. The first-order valence-electron chi connectivity index (χ1n) is 8.18. The van der Waals surface area contributed by atoms with E-state index in [1.807, 2.05) is 62.4 Å². The van der Waals surface area contributed by atoms with Crippen LogP contribution in [0.4, 0.5) is 5.69 Å².